The normalized spacial score (nSPS) is 14.2. The first-order valence-electron chi connectivity index (χ1n) is 5.07. The zero-order valence-corrected chi connectivity index (χ0v) is 9.56. The molecule has 0 heterocycles. The third-order valence-corrected chi connectivity index (χ3v) is 2.78. The fraction of sp³-hybridized carbons (Fsp3) is 0.417. The maximum absolute atomic E-state index is 11.4. The molecule has 1 aromatic rings. The highest BCUT2D eigenvalue weighted by molar-refractivity contribution is 5.89. The Balaban J connectivity index is 3.11. The van der Waals surface area contributed by atoms with E-state index in [4.69, 9.17) is 5.73 Å². The molecule has 0 bridgehead atoms. The van der Waals surface area contributed by atoms with Gasteiger partial charge in [0.15, 0.2) is 0 Å². The number of benzene rings is 1. The first-order chi connectivity index (χ1) is 7.57. The summed E-state index contributed by atoms with van der Waals surface area (Å²) in [6.45, 7) is 2.10. The predicted molar refractivity (Wildman–Crippen MR) is 61.3 cm³/mol. The number of rotatable bonds is 4. The fourth-order valence-corrected chi connectivity index (χ4v) is 1.41. The average molecular weight is 223 g/mol. The lowest BCUT2D eigenvalue weighted by atomic mass is 9.83. The summed E-state index contributed by atoms with van der Waals surface area (Å²) in [6, 6.07) is 6.97. The highest BCUT2D eigenvalue weighted by atomic mass is 16.5. The molecule has 1 unspecified atom stereocenters. The summed E-state index contributed by atoms with van der Waals surface area (Å²) in [6.07, 6.45) is 0. The van der Waals surface area contributed by atoms with Crippen molar-refractivity contribution in [1.29, 1.82) is 0 Å². The number of nitrogens with two attached hydrogens (primary N) is 1. The lowest BCUT2D eigenvalue weighted by molar-refractivity contribution is 0.0600. The lowest BCUT2D eigenvalue weighted by Crippen LogP contribution is -2.35. The van der Waals surface area contributed by atoms with Gasteiger partial charge in [-0.3, -0.25) is 0 Å². The Kier molecular flexibility index (Phi) is 4.04. The highest BCUT2D eigenvalue weighted by Crippen LogP contribution is 2.23. The van der Waals surface area contributed by atoms with Crippen LogP contribution in [0.4, 0.5) is 0 Å². The summed E-state index contributed by atoms with van der Waals surface area (Å²) >= 11 is 0. The maximum atomic E-state index is 11.4. The molecular weight excluding hydrogens is 206 g/mol. The molecule has 1 rings (SSSR count). The molecule has 1 aromatic carbocycles. The van der Waals surface area contributed by atoms with Crippen LogP contribution < -0.4 is 5.73 Å². The van der Waals surface area contributed by atoms with Crippen LogP contribution >= 0.6 is 0 Å². The van der Waals surface area contributed by atoms with Gasteiger partial charge in [0.25, 0.3) is 0 Å². The molecule has 3 N–H and O–H groups in total. The van der Waals surface area contributed by atoms with E-state index in [0.29, 0.717) is 12.1 Å². The largest absolute Gasteiger partial charge is 0.465 e. The molecule has 16 heavy (non-hydrogen) atoms. The third-order valence-electron chi connectivity index (χ3n) is 2.78. The van der Waals surface area contributed by atoms with Crippen molar-refractivity contribution in [3.05, 3.63) is 35.4 Å². The monoisotopic (exact) mass is 223 g/mol. The van der Waals surface area contributed by atoms with Crippen LogP contribution in [-0.4, -0.2) is 31.3 Å². The zero-order valence-electron chi connectivity index (χ0n) is 9.56. The van der Waals surface area contributed by atoms with E-state index < -0.39 is 5.41 Å². The molecule has 0 saturated carbocycles. The van der Waals surface area contributed by atoms with Crippen LogP contribution in [0.1, 0.15) is 22.8 Å². The molecule has 0 saturated heterocycles. The molecule has 0 aromatic heterocycles. The van der Waals surface area contributed by atoms with Gasteiger partial charge in [0.1, 0.15) is 0 Å². The Morgan fingerprint density at radius 3 is 2.75 bits per heavy atom. The van der Waals surface area contributed by atoms with Crippen molar-refractivity contribution in [3.63, 3.8) is 0 Å². The number of aliphatic hydroxyl groups is 1. The average Bonchev–Trinajstić information content (AvgIpc) is 2.37. The van der Waals surface area contributed by atoms with E-state index in [0.717, 1.165) is 5.56 Å². The van der Waals surface area contributed by atoms with Crippen molar-refractivity contribution >= 4 is 5.97 Å². The summed E-state index contributed by atoms with van der Waals surface area (Å²) in [7, 11) is 1.34. The van der Waals surface area contributed by atoms with Gasteiger partial charge in [0.2, 0.25) is 0 Å². The number of aliphatic hydroxyl groups excluding tert-OH is 1. The van der Waals surface area contributed by atoms with Crippen LogP contribution in [-0.2, 0) is 10.2 Å². The zero-order chi connectivity index (χ0) is 12.2. The summed E-state index contributed by atoms with van der Waals surface area (Å²) in [4.78, 5) is 11.4. The number of hydrogen-bond acceptors (Lipinski definition) is 4. The Bertz CT molecular complexity index is 372. The van der Waals surface area contributed by atoms with Crippen molar-refractivity contribution in [1.82, 2.24) is 0 Å². The molecule has 4 heteroatoms. The van der Waals surface area contributed by atoms with Crippen LogP contribution in [0.2, 0.25) is 0 Å². The van der Waals surface area contributed by atoms with Crippen LogP contribution in [0.15, 0.2) is 24.3 Å². The Morgan fingerprint density at radius 2 is 2.25 bits per heavy atom. The molecule has 0 aliphatic heterocycles. The second kappa shape index (κ2) is 5.09. The Morgan fingerprint density at radius 1 is 1.56 bits per heavy atom. The minimum absolute atomic E-state index is 0.0614. The lowest BCUT2D eigenvalue weighted by Gasteiger charge is -2.26. The van der Waals surface area contributed by atoms with Gasteiger partial charge in [0.05, 0.1) is 19.3 Å². The smallest absolute Gasteiger partial charge is 0.337 e. The van der Waals surface area contributed by atoms with Gasteiger partial charge in [0, 0.05) is 12.0 Å². The van der Waals surface area contributed by atoms with E-state index in [-0.39, 0.29) is 12.6 Å². The van der Waals surface area contributed by atoms with E-state index >= 15 is 0 Å². The van der Waals surface area contributed by atoms with Crippen LogP contribution in [0.25, 0.3) is 0 Å². The van der Waals surface area contributed by atoms with Crippen molar-refractivity contribution in [2.75, 3.05) is 20.3 Å². The van der Waals surface area contributed by atoms with Gasteiger partial charge >= 0.3 is 5.97 Å². The van der Waals surface area contributed by atoms with E-state index in [1.54, 1.807) is 18.2 Å². The molecule has 4 nitrogen and oxygen atoms in total. The molecule has 0 aliphatic rings. The molecule has 88 valence electrons. The van der Waals surface area contributed by atoms with Gasteiger partial charge in [-0.15, -0.1) is 0 Å². The molecule has 0 amide bonds. The second-order valence-electron chi connectivity index (χ2n) is 4.00. The summed E-state index contributed by atoms with van der Waals surface area (Å²) in [5.41, 5.74) is 6.41. The van der Waals surface area contributed by atoms with Crippen LogP contribution in [0.3, 0.4) is 0 Å². The van der Waals surface area contributed by atoms with E-state index in [1.165, 1.54) is 7.11 Å². The van der Waals surface area contributed by atoms with Crippen molar-refractivity contribution in [2.24, 2.45) is 5.73 Å². The minimum atomic E-state index is -0.524. The standard InChI is InChI=1S/C12H17NO3/c1-12(7-13,8-14)10-5-3-4-9(6-10)11(15)16-2/h3-6,14H,7-8,13H2,1-2H3. The van der Waals surface area contributed by atoms with Crippen molar-refractivity contribution in [2.45, 2.75) is 12.3 Å². The number of carbonyl (C=O) groups is 1. The van der Waals surface area contributed by atoms with E-state index in [1.807, 2.05) is 13.0 Å². The Labute approximate surface area is 95.0 Å². The molecule has 0 spiro atoms. The summed E-state index contributed by atoms with van der Waals surface area (Å²) < 4.78 is 4.64. The summed E-state index contributed by atoms with van der Waals surface area (Å²) in [5.74, 6) is -0.390. The van der Waals surface area contributed by atoms with Crippen molar-refractivity contribution < 1.29 is 14.6 Å². The van der Waals surface area contributed by atoms with Crippen LogP contribution in [0.5, 0.6) is 0 Å². The quantitative estimate of drug-likeness (QED) is 0.736. The van der Waals surface area contributed by atoms with Gasteiger partial charge in [-0.2, -0.15) is 0 Å². The minimum Gasteiger partial charge on any atom is -0.465 e. The summed E-state index contributed by atoms with van der Waals surface area (Å²) in [5, 5.41) is 9.33. The first-order valence-corrected chi connectivity index (χ1v) is 5.07. The SMILES string of the molecule is COC(=O)c1cccc(C(C)(CN)CO)c1. The van der Waals surface area contributed by atoms with Gasteiger partial charge < -0.3 is 15.6 Å². The number of methoxy groups -OCH3 is 1. The second-order valence-corrected chi connectivity index (χ2v) is 4.00. The fourth-order valence-electron chi connectivity index (χ4n) is 1.41. The van der Waals surface area contributed by atoms with Crippen LogP contribution in [0, 0.1) is 0 Å². The number of ether oxygens (including phenoxy) is 1. The van der Waals surface area contributed by atoms with Gasteiger partial charge in [-0.05, 0) is 17.7 Å². The number of carbonyl (C=O) groups excluding carboxylic acids is 1. The van der Waals surface area contributed by atoms with Crippen molar-refractivity contribution in [3.8, 4) is 0 Å². The molecule has 0 aliphatic carbocycles. The predicted octanol–water partition coefficient (Wildman–Crippen LogP) is 0.682. The molecule has 0 radical (unpaired) electrons. The number of hydrogen-bond donors (Lipinski definition) is 2. The first kappa shape index (κ1) is 12.7. The van der Waals surface area contributed by atoms with Gasteiger partial charge in [-0.25, -0.2) is 4.79 Å². The van der Waals surface area contributed by atoms with E-state index in [2.05, 4.69) is 4.74 Å². The third kappa shape index (κ3) is 2.40. The highest BCUT2D eigenvalue weighted by Gasteiger charge is 2.24. The topological polar surface area (TPSA) is 72.5 Å². The molecule has 0 fully saturated rings. The van der Waals surface area contributed by atoms with Gasteiger partial charge in [-0.1, -0.05) is 19.1 Å². The molecular formula is C12H17NO3. The van der Waals surface area contributed by atoms with E-state index in [9.17, 15) is 9.90 Å². The maximum Gasteiger partial charge on any atom is 0.337 e. The Hall–Kier alpha value is -1.39. The molecule has 1 atom stereocenters. The number of esters is 1.